The van der Waals surface area contributed by atoms with Crippen LogP contribution >= 0.6 is 11.8 Å². The minimum atomic E-state index is -0.141. The number of likely N-dealkylation sites (N-methyl/N-ethyl adjacent to an activating group) is 1. The highest BCUT2D eigenvalue weighted by Crippen LogP contribution is 2.62. The van der Waals surface area contributed by atoms with Crippen molar-refractivity contribution in [3.8, 4) is 16.9 Å². The molecule has 37 heavy (non-hydrogen) atoms. The Labute approximate surface area is 223 Å². The molecule has 4 aliphatic carbocycles. The molecule has 2 heterocycles. The molecule has 8 rings (SSSR count). The molecule has 0 atom stereocenters. The topological polar surface area (TPSA) is 56.1 Å². The van der Waals surface area contributed by atoms with Crippen molar-refractivity contribution in [2.24, 2.45) is 22.7 Å². The van der Waals surface area contributed by atoms with E-state index in [2.05, 4.69) is 52.2 Å². The summed E-state index contributed by atoms with van der Waals surface area (Å²) < 4.78 is 0. The van der Waals surface area contributed by atoms with Crippen molar-refractivity contribution < 1.29 is 9.90 Å². The highest BCUT2D eigenvalue weighted by molar-refractivity contribution is 8.18. The number of rotatable bonds is 3. The summed E-state index contributed by atoms with van der Waals surface area (Å²) in [7, 11) is 2.13. The van der Waals surface area contributed by atoms with Crippen LogP contribution in [0.25, 0.3) is 17.2 Å². The molecule has 1 saturated heterocycles. The van der Waals surface area contributed by atoms with Gasteiger partial charge in [-0.25, -0.2) is 0 Å². The zero-order valence-corrected chi connectivity index (χ0v) is 22.3. The largest absolute Gasteiger partial charge is 0.508 e. The molecule has 0 spiro atoms. The summed E-state index contributed by atoms with van der Waals surface area (Å²) in [5, 5.41) is 11.8. The number of carbonyl (C=O) groups excluding carboxylic acids is 1. The number of hydrogen-bond acceptors (Lipinski definition) is 5. The van der Waals surface area contributed by atoms with Crippen LogP contribution in [-0.4, -0.2) is 59.2 Å². The van der Waals surface area contributed by atoms with E-state index in [0.717, 1.165) is 65.8 Å². The zero-order chi connectivity index (χ0) is 25.1. The van der Waals surface area contributed by atoms with Crippen molar-refractivity contribution in [1.82, 2.24) is 9.80 Å². The van der Waals surface area contributed by atoms with Gasteiger partial charge in [0.1, 0.15) is 5.75 Å². The van der Waals surface area contributed by atoms with Gasteiger partial charge in [0.25, 0.3) is 5.91 Å². The van der Waals surface area contributed by atoms with E-state index in [0.29, 0.717) is 10.7 Å². The van der Waals surface area contributed by atoms with E-state index in [4.69, 9.17) is 0 Å². The molecule has 5 nitrogen and oxygen atoms in total. The Morgan fingerprint density at radius 2 is 1.62 bits per heavy atom. The predicted molar refractivity (Wildman–Crippen MR) is 150 cm³/mol. The van der Waals surface area contributed by atoms with Crippen LogP contribution in [0, 0.1) is 17.8 Å². The van der Waals surface area contributed by atoms with Crippen molar-refractivity contribution >= 4 is 28.9 Å². The molecular formula is C31H35N3O2S. The maximum atomic E-state index is 12.7. The van der Waals surface area contributed by atoms with Crippen LogP contribution in [0.4, 0.5) is 0 Å². The summed E-state index contributed by atoms with van der Waals surface area (Å²) >= 11 is 1.50. The van der Waals surface area contributed by atoms with Crippen LogP contribution < -0.4 is 0 Å². The molecule has 6 heteroatoms. The maximum absolute atomic E-state index is 12.7. The zero-order valence-electron chi connectivity index (χ0n) is 21.5. The third-order valence-corrected chi connectivity index (χ3v) is 10.6. The molecule has 2 aromatic carbocycles. The van der Waals surface area contributed by atoms with E-state index in [1.54, 1.807) is 0 Å². The Hall–Kier alpha value is -2.57. The van der Waals surface area contributed by atoms with Crippen LogP contribution in [0.15, 0.2) is 52.4 Å². The number of hydrogen-bond donors (Lipinski definition) is 1. The van der Waals surface area contributed by atoms with Crippen LogP contribution in [0.1, 0.15) is 49.7 Å². The first-order valence-electron chi connectivity index (χ1n) is 13.8. The van der Waals surface area contributed by atoms with Gasteiger partial charge in [-0.1, -0.05) is 24.3 Å². The summed E-state index contributed by atoms with van der Waals surface area (Å²) in [5.41, 5.74) is 4.59. The SMILES string of the molecule is CN1CCN(C2=NC(=O)/C(=C/c3cccc(-c4ccc(O)c(C56CC7CC(CC(C7)C5)C6)c4)c3)S2)CC1. The number of amides is 1. The Balaban J connectivity index is 1.14. The standard InChI is InChI=1S/C31H35N3O2S/c1-33-7-9-34(10-8-33)30-32-29(36)28(37-30)15-20-3-2-4-24(14-20)25-5-6-27(35)26(16-25)31-17-21-11-22(18-31)13-23(12-21)19-31/h2-6,14-16,21-23,35H,7-13,17-19H2,1H3/b28-15-. The van der Waals surface area contributed by atoms with E-state index in [1.807, 2.05) is 18.2 Å². The average molecular weight is 514 g/mol. The molecule has 0 aromatic heterocycles. The second-order valence-corrected chi connectivity index (χ2v) is 13.2. The quantitative estimate of drug-likeness (QED) is 0.530. The van der Waals surface area contributed by atoms with Crippen molar-refractivity contribution in [3.63, 3.8) is 0 Å². The lowest BCUT2D eigenvalue weighted by Crippen LogP contribution is -2.48. The highest BCUT2D eigenvalue weighted by Gasteiger charge is 2.52. The summed E-state index contributed by atoms with van der Waals surface area (Å²) in [6, 6.07) is 14.6. The number of phenolic OH excluding ortho intramolecular Hbond substituents is 1. The number of benzene rings is 2. The summed E-state index contributed by atoms with van der Waals surface area (Å²) in [4.78, 5) is 22.3. The normalized spacial score (nSPS) is 32.4. The fourth-order valence-electron chi connectivity index (χ4n) is 8.07. The number of aliphatic imine (C=N–C) groups is 1. The second kappa shape index (κ2) is 9.02. The van der Waals surface area contributed by atoms with Gasteiger partial charge in [-0.3, -0.25) is 4.79 Å². The van der Waals surface area contributed by atoms with Gasteiger partial charge in [-0.05, 0) is 121 Å². The number of carbonyl (C=O) groups is 1. The Kier molecular flexibility index (Phi) is 5.74. The van der Waals surface area contributed by atoms with E-state index >= 15 is 0 Å². The minimum absolute atomic E-state index is 0.141. The van der Waals surface area contributed by atoms with Crippen molar-refractivity contribution in [2.75, 3.05) is 33.2 Å². The van der Waals surface area contributed by atoms with E-state index < -0.39 is 0 Å². The maximum Gasteiger partial charge on any atom is 0.286 e. The van der Waals surface area contributed by atoms with Crippen molar-refractivity contribution in [2.45, 2.75) is 43.9 Å². The molecule has 1 amide bonds. The van der Waals surface area contributed by atoms with Gasteiger partial charge in [0, 0.05) is 31.7 Å². The minimum Gasteiger partial charge on any atom is -0.508 e. The lowest BCUT2D eigenvalue weighted by atomic mass is 9.48. The monoisotopic (exact) mass is 513 g/mol. The lowest BCUT2D eigenvalue weighted by molar-refractivity contribution is -0.113. The summed E-state index contributed by atoms with van der Waals surface area (Å²) in [6.45, 7) is 3.80. The van der Waals surface area contributed by atoms with E-state index in [-0.39, 0.29) is 11.3 Å². The van der Waals surface area contributed by atoms with Crippen LogP contribution in [0.5, 0.6) is 5.75 Å². The molecule has 192 valence electrons. The van der Waals surface area contributed by atoms with Gasteiger partial charge in [0.2, 0.25) is 0 Å². The predicted octanol–water partition coefficient (Wildman–Crippen LogP) is 5.74. The number of aromatic hydroxyl groups is 1. The molecule has 0 radical (unpaired) electrons. The fraction of sp³-hybridized carbons (Fsp3) is 0.484. The van der Waals surface area contributed by atoms with Gasteiger partial charge in [-0.15, -0.1) is 0 Å². The second-order valence-electron chi connectivity index (χ2n) is 12.2. The number of phenols is 1. The molecule has 4 saturated carbocycles. The molecule has 1 N–H and O–H groups in total. The van der Waals surface area contributed by atoms with Crippen molar-refractivity contribution in [1.29, 1.82) is 0 Å². The summed E-state index contributed by atoms with van der Waals surface area (Å²) in [5.74, 6) is 2.83. The number of piperazine rings is 1. The van der Waals surface area contributed by atoms with Gasteiger partial charge in [0.05, 0.1) is 4.91 Å². The lowest BCUT2D eigenvalue weighted by Gasteiger charge is -2.57. The van der Waals surface area contributed by atoms with Crippen LogP contribution in [0.3, 0.4) is 0 Å². The fourth-order valence-corrected chi connectivity index (χ4v) is 9.04. The van der Waals surface area contributed by atoms with Gasteiger partial charge in [0.15, 0.2) is 5.17 Å². The molecule has 5 fully saturated rings. The van der Waals surface area contributed by atoms with Gasteiger partial charge < -0.3 is 14.9 Å². The Morgan fingerprint density at radius 1 is 0.946 bits per heavy atom. The number of thioether (sulfide) groups is 1. The van der Waals surface area contributed by atoms with E-state index in [9.17, 15) is 9.90 Å². The third kappa shape index (κ3) is 4.32. The smallest absolute Gasteiger partial charge is 0.286 e. The first-order chi connectivity index (χ1) is 17.9. The Bertz CT molecular complexity index is 1270. The first kappa shape index (κ1) is 23.5. The molecule has 0 unspecified atom stereocenters. The Morgan fingerprint density at radius 3 is 2.32 bits per heavy atom. The average Bonchev–Trinajstić information content (AvgIpc) is 3.24. The molecule has 6 aliphatic rings. The number of amidine groups is 1. The first-order valence-corrected chi connectivity index (χ1v) is 14.7. The molecule has 4 bridgehead atoms. The third-order valence-electron chi connectivity index (χ3n) is 9.51. The van der Waals surface area contributed by atoms with Gasteiger partial charge >= 0.3 is 0 Å². The molecule has 2 aromatic rings. The van der Waals surface area contributed by atoms with Crippen LogP contribution in [-0.2, 0) is 10.2 Å². The molecule has 2 aliphatic heterocycles. The summed E-state index contributed by atoms with van der Waals surface area (Å²) in [6.07, 6.45) is 9.86. The highest BCUT2D eigenvalue weighted by atomic mass is 32.2. The van der Waals surface area contributed by atoms with E-state index in [1.165, 1.54) is 55.9 Å². The molecular weight excluding hydrogens is 478 g/mol. The van der Waals surface area contributed by atoms with Gasteiger partial charge in [-0.2, -0.15) is 4.99 Å². The van der Waals surface area contributed by atoms with Crippen molar-refractivity contribution in [3.05, 3.63) is 58.5 Å². The number of nitrogens with zero attached hydrogens (tertiary/aromatic N) is 3. The van der Waals surface area contributed by atoms with Crippen LogP contribution in [0.2, 0.25) is 0 Å².